The number of carbonyl (C=O) groups excluding carboxylic acids is 1. The maximum absolute atomic E-state index is 9.81. The number of benzene rings is 1. The lowest BCUT2D eigenvalue weighted by molar-refractivity contribution is -0.129. The summed E-state index contributed by atoms with van der Waals surface area (Å²) in [5.74, 6) is 0. The summed E-state index contributed by atoms with van der Waals surface area (Å²) in [6.45, 7) is 0.565. The van der Waals surface area contributed by atoms with Gasteiger partial charge in [-0.3, -0.25) is 4.79 Å². The Balaban J connectivity index is 2.69. The summed E-state index contributed by atoms with van der Waals surface area (Å²) in [6.07, 6.45) is 0. The molecule has 0 atom stereocenters. The van der Waals surface area contributed by atoms with Crippen molar-refractivity contribution in [2.75, 3.05) is 0 Å². The van der Waals surface area contributed by atoms with Crippen LogP contribution in [-0.4, -0.2) is 6.47 Å². The van der Waals surface area contributed by atoms with Gasteiger partial charge in [-0.05, 0) is 5.56 Å². The van der Waals surface area contributed by atoms with Gasteiger partial charge in [-0.2, -0.15) is 0 Å². The molecule has 0 saturated heterocycles. The zero-order valence-corrected chi connectivity index (χ0v) is 5.41. The Morgan fingerprint density at radius 1 is 1.60 bits per heavy atom. The molecule has 0 fully saturated rings. The lowest BCUT2D eigenvalue weighted by Gasteiger charge is -1.95. The topological polar surface area (TPSA) is 26.3 Å². The zero-order valence-electron chi connectivity index (χ0n) is 6.41. The average Bonchev–Trinajstić information content (AvgIpc) is 2.03. The first-order valence-corrected chi connectivity index (χ1v) is 2.94. The van der Waals surface area contributed by atoms with E-state index in [0.717, 1.165) is 5.56 Å². The Labute approximate surface area is 60.8 Å². The van der Waals surface area contributed by atoms with Crippen LogP contribution in [0.2, 0.25) is 0 Å². The highest BCUT2D eigenvalue weighted by Gasteiger charge is 1.87. The molecule has 0 unspecified atom stereocenters. The first-order valence-electron chi connectivity index (χ1n) is 3.44. The van der Waals surface area contributed by atoms with Crippen molar-refractivity contribution in [3.05, 3.63) is 35.9 Å². The Bertz CT molecular complexity index is 248. The number of ether oxygens (including phenoxy) is 1. The highest BCUT2D eigenvalue weighted by Crippen LogP contribution is 1.98. The van der Waals surface area contributed by atoms with E-state index >= 15 is 0 Å². The van der Waals surface area contributed by atoms with E-state index in [2.05, 4.69) is 4.74 Å². The van der Waals surface area contributed by atoms with Crippen molar-refractivity contribution in [2.45, 2.75) is 6.61 Å². The Hall–Kier alpha value is -1.31. The van der Waals surface area contributed by atoms with Crippen molar-refractivity contribution in [2.24, 2.45) is 0 Å². The van der Waals surface area contributed by atoms with E-state index < -0.39 is 0 Å². The molecule has 1 aromatic rings. The van der Waals surface area contributed by atoms with Gasteiger partial charge < -0.3 is 4.74 Å². The van der Waals surface area contributed by atoms with E-state index in [0.29, 0.717) is 12.5 Å². The minimum absolute atomic E-state index is 0.184. The Morgan fingerprint density at radius 2 is 2.50 bits per heavy atom. The summed E-state index contributed by atoms with van der Waals surface area (Å²) in [6, 6.07) is 7.39. The lowest BCUT2D eigenvalue weighted by Crippen LogP contribution is -1.88. The van der Waals surface area contributed by atoms with E-state index in [1.807, 2.05) is 6.07 Å². The Kier molecular flexibility index (Phi) is 2.01. The predicted molar refractivity (Wildman–Crippen MR) is 37.3 cm³/mol. The predicted octanol–water partition coefficient (Wildman–Crippen LogP) is 1.36. The number of hydrogen-bond acceptors (Lipinski definition) is 2. The second-order valence-electron chi connectivity index (χ2n) is 1.80. The molecule has 0 bridgehead atoms. The van der Waals surface area contributed by atoms with Crippen molar-refractivity contribution >= 4 is 6.47 Å². The highest BCUT2D eigenvalue weighted by molar-refractivity contribution is 5.37. The van der Waals surface area contributed by atoms with Crippen molar-refractivity contribution in [1.29, 1.82) is 0 Å². The van der Waals surface area contributed by atoms with Crippen LogP contribution in [0.25, 0.3) is 0 Å². The van der Waals surface area contributed by atoms with Gasteiger partial charge in [0, 0.05) is 0 Å². The monoisotopic (exact) mass is 137 g/mol. The summed E-state index contributed by atoms with van der Waals surface area (Å²) >= 11 is 0. The minimum atomic E-state index is 0.184. The molecule has 2 heteroatoms. The van der Waals surface area contributed by atoms with Crippen LogP contribution in [0.1, 0.15) is 6.93 Å². The molecule has 2 nitrogen and oxygen atoms in total. The highest BCUT2D eigenvalue weighted by atomic mass is 16.5. The smallest absolute Gasteiger partial charge is 0.293 e. The molecule has 0 heterocycles. The second kappa shape index (κ2) is 3.67. The molecule has 0 amide bonds. The normalized spacial score (nSPS) is 10.2. The van der Waals surface area contributed by atoms with Crippen molar-refractivity contribution in [1.82, 2.24) is 0 Å². The van der Waals surface area contributed by atoms with E-state index in [1.165, 1.54) is 0 Å². The van der Waals surface area contributed by atoms with E-state index in [9.17, 15) is 4.79 Å². The van der Waals surface area contributed by atoms with Gasteiger partial charge in [0.15, 0.2) is 0 Å². The minimum Gasteiger partial charge on any atom is -0.463 e. The summed E-state index contributed by atoms with van der Waals surface area (Å²) in [7, 11) is 0. The fourth-order valence-electron chi connectivity index (χ4n) is 0.644. The Morgan fingerprint density at radius 3 is 3.20 bits per heavy atom. The standard InChI is InChI=1S/C8H8O2/c9-7-10-6-8-4-2-1-3-5-8/h1-5,7H,6H2/i4D. The summed E-state index contributed by atoms with van der Waals surface area (Å²) in [5.41, 5.74) is 0.722. The van der Waals surface area contributed by atoms with Crippen LogP contribution in [0.4, 0.5) is 0 Å². The molecule has 1 rings (SSSR count). The van der Waals surface area contributed by atoms with Gasteiger partial charge in [-0.15, -0.1) is 0 Å². The molecular formula is C8H8O2. The van der Waals surface area contributed by atoms with Crippen LogP contribution < -0.4 is 0 Å². The molecule has 0 aliphatic carbocycles. The zero-order chi connectivity index (χ0) is 8.10. The molecule has 0 aliphatic heterocycles. The molecule has 0 radical (unpaired) electrons. The quantitative estimate of drug-likeness (QED) is 0.588. The number of hydrogen-bond donors (Lipinski definition) is 0. The lowest BCUT2D eigenvalue weighted by atomic mass is 10.2. The van der Waals surface area contributed by atoms with E-state index in [4.69, 9.17) is 1.37 Å². The first-order chi connectivity index (χ1) is 5.34. The molecule has 0 saturated carbocycles. The molecule has 1 aromatic carbocycles. The van der Waals surface area contributed by atoms with Crippen LogP contribution in [0, 0.1) is 0 Å². The van der Waals surface area contributed by atoms with Crippen molar-refractivity contribution < 1.29 is 10.9 Å². The van der Waals surface area contributed by atoms with Crippen LogP contribution in [-0.2, 0) is 16.1 Å². The third-order valence-corrected chi connectivity index (χ3v) is 1.08. The van der Waals surface area contributed by atoms with Gasteiger partial charge in [-0.1, -0.05) is 30.3 Å². The van der Waals surface area contributed by atoms with Crippen LogP contribution >= 0.6 is 0 Å². The van der Waals surface area contributed by atoms with Crippen molar-refractivity contribution in [3.63, 3.8) is 0 Å². The number of rotatable bonds is 3. The summed E-state index contributed by atoms with van der Waals surface area (Å²) in [4.78, 5) is 9.81. The van der Waals surface area contributed by atoms with Crippen LogP contribution in [0.3, 0.4) is 0 Å². The van der Waals surface area contributed by atoms with Gasteiger partial charge in [0.25, 0.3) is 6.47 Å². The SMILES string of the molecule is [2H]c1ccccc1COC=O. The van der Waals surface area contributed by atoms with Crippen molar-refractivity contribution in [3.8, 4) is 0 Å². The van der Waals surface area contributed by atoms with Crippen LogP contribution in [0.5, 0.6) is 0 Å². The van der Waals surface area contributed by atoms with E-state index in [1.54, 1.807) is 18.2 Å². The molecule has 0 aliphatic rings. The fourth-order valence-corrected chi connectivity index (χ4v) is 0.644. The maximum atomic E-state index is 9.81. The summed E-state index contributed by atoms with van der Waals surface area (Å²) in [5, 5.41) is 0. The third kappa shape index (κ3) is 1.90. The molecule has 10 heavy (non-hydrogen) atoms. The number of carbonyl (C=O) groups is 1. The molecular weight excluding hydrogens is 128 g/mol. The van der Waals surface area contributed by atoms with E-state index in [-0.39, 0.29) is 6.61 Å². The van der Waals surface area contributed by atoms with Gasteiger partial charge in [0.1, 0.15) is 6.61 Å². The van der Waals surface area contributed by atoms with Gasteiger partial charge in [0.2, 0.25) is 0 Å². The average molecular weight is 137 g/mol. The summed E-state index contributed by atoms with van der Waals surface area (Å²) < 4.78 is 11.9. The second-order valence-corrected chi connectivity index (χ2v) is 1.80. The van der Waals surface area contributed by atoms with Gasteiger partial charge in [-0.25, -0.2) is 0 Å². The van der Waals surface area contributed by atoms with Gasteiger partial charge >= 0.3 is 0 Å². The first kappa shape index (κ1) is 5.47. The maximum Gasteiger partial charge on any atom is 0.293 e. The molecule has 52 valence electrons. The third-order valence-electron chi connectivity index (χ3n) is 1.08. The fraction of sp³-hybridized carbons (Fsp3) is 0.125. The molecule has 0 aromatic heterocycles. The van der Waals surface area contributed by atoms with Crippen LogP contribution in [0.15, 0.2) is 30.3 Å². The van der Waals surface area contributed by atoms with Gasteiger partial charge in [0.05, 0.1) is 1.37 Å². The largest absolute Gasteiger partial charge is 0.463 e. The molecule has 0 N–H and O–H groups in total. The molecule has 0 spiro atoms.